The summed E-state index contributed by atoms with van der Waals surface area (Å²) in [4.78, 5) is 17.0. The average Bonchev–Trinajstić information content (AvgIpc) is 2.95. The number of carbonyl (C=O) groups is 1. The maximum atomic E-state index is 12.7. The highest BCUT2D eigenvalue weighted by Gasteiger charge is 2.33. The third kappa shape index (κ3) is 3.03. The summed E-state index contributed by atoms with van der Waals surface area (Å²) in [5.74, 6) is 0.146. The van der Waals surface area contributed by atoms with Crippen LogP contribution in [-0.4, -0.2) is 59.1 Å². The summed E-state index contributed by atoms with van der Waals surface area (Å²) in [7, 11) is 0. The Hall–Kier alpha value is -1.39. The number of aliphatic hydroxyl groups excluding tert-OH is 1. The molecule has 0 radical (unpaired) electrons. The predicted octanol–water partition coefficient (Wildman–Crippen LogP) is 1.97. The Bertz CT molecular complexity index is 550. The minimum atomic E-state index is -0.179. The Balaban J connectivity index is 1.63. The topological polar surface area (TPSA) is 43.8 Å². The van der Waals surface area contributed by atoms with E-state index < -0.39 is 0 Å². The number of carbonyl (C=O) groups excluding carboxylic acids is 1. The fourth-order valence-electron chi connectivity index (χ4n) is 3.74. The minimum Gasteiger partial charge on any atom is -0.391 e. The molecule has 1 aliphatic heterocycles. The van der Waals surface area contributed by atoms with Gasteiger partial charge < -0.3 is 10.0 Å². The first-order valence-corrected chi connectivity index (χ1v) is 8.35. The van der Waals surface area contributed by atoms with Crippen LogP contribution in [0.15, 0.2) is 18.2 Å². The highest BCUT2D eigenvalue weighted by Crippen LogP contribution is 2.25. The van der Waals surface area contributed by atoms with Gasteiger partial charge in [-0.05, 0) is 44.7 Å². The van der Waals surface area contributed by atoms with Crippen molar-refractivity contribution in [2.24, 2.45) is 0 Å². The molecule has 0 bridgehead atoms. The molecule has 0 aromatic heterocycles. The molecule has 2 atom stereocenters. The SMILES string of the molecule is Cc1ccc(C)c(C(=O)N2CCN([C@@H]3CCC[C@H]3O)CC2)c1. The molecule has 1 aliphatic carbocycles. The van der Waals surface area contributed by atoms with Crippen LogP contribution in [0.1, 0.15) is 40.7 Å². The predicted molar refractivity (Wildman–Crippen MR) is 87.0 cm³/mol. The first-order valence-electron chi connectivity index (χ1n) is 8.35. The van der Waals surface area contributed by atoms with Crippen LogP contribution in [0.5, 0.6) is 0 Å². The number of nitrogens with zero attached hydrogens (tertiary/aromatic N) is 2. The van der Waals surface area contributed by atoms with Gasteiger partial charge in [0.25, 0.3) is 5.91 Å². The van der Waals surface area contributed by atoms with Crippen molar-refractivity contribution in [3.8, 4) is 0 Å². The molecule has 0 spiro atoms. The Morgan fingerprint density at radius 1 is 1.14 bits per heavy atom. The van der Waals surface area contributed by atoms with Crippen molar-refractivity contribution in [2.75, 3.05) is 26.2 Å². The number of aryl methyl sites for hydroxylation is 2. The summed E-state index contributed by atoms with van der Waals surface area (Å²) in [5, 5.41) is 10.0. The molecule has 4 nitrogen and oxygen atoms in total. The second kappa shape index (κ2) is 6.39. The number of aliphatic hydroxyl groups is 1. The van der Waals surface area contributed by atoms with Gasteiger partial charge in [-0.25, -0.2) is 0 Å². The molecule has 1 saturated carbocycles. The molecule has 4 heteroatoms. The standard InChI is InChI=1S/C18H26N2O2/c1-13-6-7-14(2)15(12-13)18(22)20-10-8-19(9-11-20)16-4-3-5-17(16)21/h6-7,12,16-17,21H,3-5,8-11H2,1-2H3/t16-,17-/m1/s1. The van der Waals surface area contributed by atoms with Gasteiger partial charge in [-0.2, -0.15) is 0 Å². The van der Waals surface area contributed by atoms with Gasteiger partial charge in [-0.3, -0.25) is 9.69 Å². The Morgan fingerprint density at radius 3 is 2.50 bits per heavy atom. The van der Waals surface area contributed by atoms with Crippen molar-refractivity contribution < 1.29 is 9.90 Å². The Kier molecular flexibility index (Phi) is 4.50. The minimum absolute atomic E-state index is 0.146. The van der Waals surface area contributed by atoms with E-state index in [0.29, 0.717) is 6.04 Å². The molecule has 1 amide bonds. The zero-order valence-electron chi connectivity index (χ0n) is 13.6. The second-order valence-corrected chi connectivity index (χ2v) is 6.71. The Labute approximate surface area is 132 Å². The molecule has 3 rings (SSSR count). The first kappa shape index (κ1) is 15.5. The molecule has 22 heavy (non-hydrogen) atoms. The van der Waals surface area contributed by atoms with E-state index in [-0.39, 0.29) is 12.0 Å². The van der Waals surface area contributed by atoms with E-state index in [1.165, 1.54) is 0 Å². The zero-order valence-corrected chi connectivity index (χ0v) is 13.6. The lowest BCUT2D eigenvalue weighted by atomic mass is 10.0. The largest absolute Gasteiger partial charge is 0.391 e. The highest BCUT2D eigenvalue weighted by atomic mass is 16.3. The molecular formula is C18H26N2O2. The number of rotatable bonds is 2. The third-order valence-electron chi connectivity index (χ3n) is 5.14. The number of benzene rings is 1. The number of hydrogen-bond donors (Lipinski definition) is 1. The van der Waals surface area contributed by atoms with Gasteiger partial charge in [-0.1, -0.05) is 17.7 Å². The normalized spacial score (nSPS) is 26.4. The van der Waals surface area contributed by atoms with Gasteiger partial charge >= 0.3 is 0 Å². The van der Waals surface area contributed by atoms with Crippen molar-refractivity contribution in [3.05, 3.63) is 34.9 Å². The molecule has 1 aromatic carbocycles. The molecule has 1 N–H and O–H groups in total. The van der Waals surface area contributed by atoms with Crippen molar-refractivity contribution in [1.29, 1.82) is 0 Å². The molecule has 1 aromatic rings. The van der Waals surface area contributed by atoms with Gasteiger partial charge in [0.05, 0.1) is 6.10 Å². The third-order valence-corrected chi connectivity index (χ3v) is 5.14. The molecule has 2 fully saturated rings. The van der Waals surface area contributed by atoms with Crippen LogP contribution < -0.4 is 0 Å². The molecular weight excluding hydrogens is 276 g/mol. The summed E-state index contributed by atoms with van der Waals surface area (Å²) in [6, 6.07) is 6.36. The van der Waals surface area contributed by atoms with Crippen molar-refractivity contribution in [1.82, 2.24) is 9.80 Å². The van der Waals surface area contributed by atoms with Gasteiger partial charge in [0.15, 0.2) is 0 Å². The zero-order chi connectivity index (χ0) is 15.7. The van der Waals surface area contributed by atoms with Gasteiger partial charge in [0, 0.05) is 37.8 Å². The van der Waals surface area contributed by atoms with Crippen LogP contribution >= 0.6 is 0 Å². The molecule has 2 aliphatic rings. The lowest BCUT2D eigenvalue weighted by Gasteiger charge is -2.39. The van der Waals surface area contributed by atoms with Crippen LogP contribution in [0, 0.1) is 13.8 Å². The van der Waals surface area contributed by atoms with Crippen molar-refractivity contribution in [2.45, 2.75) is 45.3 Å². The summed E-state index contributed by atoms with van der Waals surface area (Å²) in [6.45, 7) is 7.29. The first-order chi connectivity index (χ1) is 10.6. The summed E-state index contributed by atoms with van der Waals surface area (Å²) in [6.07, 6.45) is 2.95. The highest BCUT2D eigenvalue weighted by molar-refractivity contribution is 5.95. The number of amides is 1. The monoisotopic (exact) mass is 302 g/mol. The van der Waals surface area contributed by atoms with Gasteiger partial charge in [0.2, 0.25) is 0 Å². The van der Waals surface area contributed by atoms with E-state index in [1.54, 1.807) is 0 Å². The van der Waals surface area contributed by atoms with E-state index in [9.17, 15) is 9.90 Å². The summed E-state index contributed by atoms with van der Waals surface area (Å²) < 4.78 is 0. The lowest BCUT2D eigenvalue weighted by Crippen LogP contribution is -2.53. The quantitative estimate of drug-likeness (QED) is 0.908. The lowest BCUT2D eigenvalue weighted by molar-refractivity contribution is 0.0315. The smallest absolute Gasteiger partial charge is 0.254 e. The van der Waals surface area contributed by atoms with E-state index in [4.69, 9.17) is 0 Å². The Morgan fingerprint density at radius 2 is 1.86 bits per heavy atom. The second-order valence-electron chi connectivity index (χ2n) is 6.71. The van der Waals surface area contributed by atoms with Crippen molar-refractivity contribution in [3.63, 3.8) is 0 Å². The molecule has 1 saturated heterocycles. The van der Waals surface area contributed by atoms with Crippen LogP contribution in [0.4, 0.5) is 0 Å². The maximum Gasteiger partial charge on any atom is 0.254 e. The van der Waals surface area contributed by atoms with Crippen LogP contribution in [0.25, 0.3) is 0 Å². The van der Waals surface area contributed by atoms with Crippen LogP contribution in [-0.2, 0) is 0 Å². The maximum absolute atomic E-state index is 12.7. The average molecular weight is 302 g/mol. The van der Waals surface area contributed by atoms with E-state index in [1.807, 2.05) is 36.9 Å². The molecule has 0 unspecified atom stereocenters. The van der Waals surface area contributed by atoms with E-state index in [2.05, 4.69) is 4.90 Å². The molecule has 120 valence electrons. The fraction of sp³-hybridized carbons (Fsp3) is 0.611. The van der Waals surface area contributed by atoms with Gasteiger partial charge in [-0.15, -0.1) is 0 Å². The van der Waals surface area contributed by atoms with Crippen LogP contribution in [0.3, 0.4) is 0 Å². The van der Waals surface area contributed by atoms with Crippen molar-refractivity contribution >= 4 is 5.91 Å². The van der Waals surface area contributed by atoms with Crippen LogP contribution in [0.2, 0.25) is 0 Å². The number of piperazine rings is 1. The van der Waals surface area contributed by atoms with E-state index >= 15 is 0 Å². The van der Waals surface area contributed by atoms with E-state index in [0.717, 1.165) is 62.1 Å². The fourth-order valence-corrected chi connectivity index (χ4v) is 3.74. The molecule has 1 heterocycles. The van der Waals surface area contributed by atoms with Gasteiger partial charge in [0.1, 0.15) is 0 Å². The number of hydrogen-bond acceptors (Lipinski definition) is 3. The summed E-state index contributed by atoms with van der Waals surface area (Å²) >= 11 is 0. The summed E-state index contributed by atoms with van der Waals surface area (Å²) in [5.41, 5.74) is 3.00.